The molecule has 1 atom stereocenters. The van der Waals surface area contributed by atoms with Crippen LogP contribution in [0.2, 0.25) is 0 Å². The summed E-state index contributed by atoms with van der Waals surface area (Å²) in [4.78, 5) is 5.45. The minimum Gasteiger partial charge on any atom is -0.323 e. The lowest BCUT2D eigenvalue weighted by atomic mass is 10.3. The topological polar surface area (TPSA) is 17.3 Å². The summed E-state index contributed by atoms with van der Waals surface area (Å²) in [6.45, 7) is 5.56. The van der Waals surface area contributed by atoms with Gasteiger partial charge < -0.3 is 4.90 Å². The van der Waals surface area contributed by atoms with Crippen LogP contribution in [0.25, 0.3) is 5.57 Å². The van der Waals surface area contributed by atoms with E-state index in [1.54, 1.807) is 17.5 Å². The molecule has 1 heterocycles. The number of rotatable bonds is 4. The third kappa shape index (κ3) is 3.02. The molecule has 0 spiro atoms. The standard InChI is InChI=1S/C10H12N2S/c1-4-6-12(3)8-9(2)10-11-5-7-13-10/h1,5,7H,2,6,8H2,3H3/p+1. The summed E-state index contributed by atoms with van der Waals surface area (Å²) < 4.78 is 0. The maximum atomic E-state index is 5.21. The zero-order valence-corrected chi connectivity index (χ0v) is 8.53. The third-order valence-electron chi connectivity index (χ3n) is 1.65. The normalized spacial score (nSPS) is 12.0. The molecule has 0 fully saturated rings. The summed E-state index contributed by atoms with van der Waals surface area (Å²) in [5.74, 6) is 2.62. The Kier molecular flexibility index (Phi) is 3.69. The Morgan fingerprint density at radius 2 is 2.62 bits per heavy atom. The predicted molar refractivity (Wildman–Crippen MR) is 56.6 cm³/mol. The van der Waals surface area contributed by atoms with Crippen LogP contribution < -0.4 is 4.90 Å². The van der Waals surface area contributed by atoms with Gasteiger partial charge in [-0.05, 0) is 5.92 Å². The van der Waals surface area contributed by atoms with Crippen molar-refractivity contribution in [2.75, 3.05) is 20.1 Å². The third-order valence-corrected chi connectivity index (χ3v) is 2.53. The van der Waals surface area contributed by atoms with Gasteiger partial charge in [0.1, 0.15) is 18.1 Å². The number of thiazole rings is 1. The lowest BCUT2D eigenvalue weighted by Gasteiger charge is -2.10. The molecule has 1 N–H and O–H groups in total. The van der Waals surface area contributed by atoms with Gasteiger partial charge in [0.05, 0.1) is 7.05 Å². The van der Waals surface area contributed by atoms with E-state index in [0.29, 0.717) is 0 Å². The number of terminal acetylenes is 1. The maximum Gasteiger partial charge on any atom is 0.139 e. The second-order valence-corrected chi connectivity index (χ2v) is 3.85. The van der Waals surface area contributed by atoms with E-state index in [2.05, 4.69) is 24.5 Å². The van der Waals surface area contributed by atoms with Crippen LogP contribution in [0.3, 0.4) is 0 Å². The van der Waals surface area contributed by atoms with Gasteiger partial charge in [0.15, 0.2) is 0 Å². The number of nitrogens with zero attached hydrogens (tertiary/aromatic N) is 1. The summed E-state index contributed by atoms with van der Waals surface area (Å²) >= 11 is 1.62. The Morgan fingerprint density at radius 1 is 1.85 bits per heavy atom. The van der Waals surface area contributed by atoms with Gasteiger partial charge in [-0.3, -0.25) is 0 Å². The fourth-order valence-corrected chi connectivity index (χ4v) is 1.69. The van der Waals surface area contributed by atoms with Crippen molar-refractivity contribution in [1.29, 1.82) is 0 Å². The van der Waals surface area contributed by atoms with Gasteiger partial charge in [-0.25, -0.2) is 4.98 Å². The van der Waals surface area contributed by atoms with Crippen LogP contribution in [0.4, 0.5) is 0 Å². The molecule has 3 heteroatoms. The summed E-state index contributed by atoms with van der Waals surface area (Å²) in [7, 11) is 2.05. The molecule has 0 aliphatic carbocycles. The van der Waals surface area contributed by atoms with Crippen LogP contribution in [0.15, 0.2) is 18.2 Å². The Morgan fingerprint density at radius 3 is 3.15 bits per heavy atom. The van der Waals surface area contributed by atoms with E-state index in [1.165, 1.54) is 4.90 Å². The van der Waals surface area contributed by atoms with E-state index in [9.17, 15) is 0 Å². The molecule has 13 heavy (non-hydrogen) atoms. The first-order valence-electron chi connectivity index (χ1n) is 4.06. The molecule has 0 aromatic carbocycles. The van der Waals surface area contributed by atoms with E-state index in [0.717, 1.165) is 23.7 Å². The molecule has 0 saturated carbocycles. The first-order valence-corrected chi connectivity index (χ1v) is 4.94. The maximum absolute atomic E-state index is 5.21. The molecule has 0 saturated heterocycles. The van der Waals surface area contributed by atoms with Crippen LogP contribution in [0.5, 0.6) is 0 Å². The summed E-state index contributed by atoms with van der Waals surface area (Å²) in [6, 6.07) is 0. The fraction of sp³-hybridized carbons (Fsp3) is 0.300. The van der Waals surface area contributed by atoms with Crippen molar-refractivity contribution in [1.82, 2.24) is 4.98 Å². The lowest BCUT2D eigenvalue weighted by molar-refractivity contribution is -0.863. The minimum atomic E-state index is 0.727. The van der Waals surface area contributed by atoms with E-state index in [-0.39, 0.29) is 0 Å². The van der Waals surface area contributed by atoms with Gasteiger partial charge in [-0.2, -0.15) is 0 Å². The SMILES string of the molecule is C#CC[NH+](C)CC(=C)c1nccs1. The molecule has 0 aliphatic rings. The molecule has 0 aliphatic heterocycles. The average molecular weight is 193 g/mol. The Bertz CT molecular complexity index is 308. The van der Waals surface area contributed by atoms with Crippen LogP contribution in [-0.2, 0) is 0 Å². The van der Waals surface area contributed by atoms with Crippen molar-refractivity contribution in [3.05, 3.63) is 23.2 Å². The highest BCUT2D eigenvalue weighted by molar-refractivity contribution is 7.10. The smallest absolute Gasteiger partial charge is 0.139 e. The summed E-state index contributed by atoms with van der Waals surface area (Å²) in [6.07, 6.45) is 7.00. The molecular formula is C10H13N2S+. The van der Waals surface area contributed by atoms with E-state index >= 15 is 0 Å². The first kappa shape index (κ1) is 9.97. The number of hydrogen-bond acceptors (Lipinski definition) is 2. The summed E-state index contributed by atoms with van der Waals surface area (Å²) in [5.41, 5.74) is 1.06. The highest BCUT2D eigenvalue weighted by Crippen LogP contribution is 2.12. The van der Waals surface area contributed by atoms with Crippen LogP contribution in [0.1, 0.15) is 5.01 Å². The van der Waals surface area contributed by atoms with Crippen molar-refractivity contribution in [3.8, 4) is 12.3 Å². The van der Waals surface area contributed by atoms with Crippen LogP contribution >= 0.6 is 11.3 Å². The molecule has 1 unspecified atom stereocenters. The number of hydrogen-bond donors (Lipinski definition) is 1. The molecule has 0 radical (unpaired) electrons. The van der Waals surface area contributed by atoms with Gasteiger partial charge in [0.25, 0.3) is 0 Å². The molecule has 1 rings (SSSR count). The van der Waals surface area contributed by atoms with Crippen molar-refractivity contribution in [2.45, 2.75) is 0 Å². The Hall–Kier alpha value is -1.11. The second-order valence-electron chi connectivity index (χ2n) is 2.96. The highest BCUT2D eigenvalue weighted by atomic mass is 32.1. The molecule has 68 valence electrons. The number of nitrogens with one attached hydrogen (secondary N) is 1. The largest absolute Gasteiger partial charge is 0.323 e. The van der Waals surface area contributed by atoms with Gasteiger partial charge in [-0.15, -0.1) is 17.8 Å². The lowest BCUT2D eigenvalue weighted by Crippen LogP contribution is -3.08. The highest BCUT2D eigenvalue weighted by Gasteiger charge is 2.06. The van der Waals surface area contributed by atoms with Crippen LogP contribution in [-0.4, -0.2) is 25.1 Å². The molecule has 0 bridgehead atoms. The zero-order chi connectivity index (χ0) is 9.68. The van der Waals surface area contributed by atoms with Gasteiger partial charge >= 0.3 is 0 Å². The number of quaternary nitrogens is 1. The van der Waals surface area contributed by atoms with Gasteiger partial charge in [-0.1, -0.05) is 6.58 Å². The van der Waals surface area contributed by atoms with Crippen molar-refractivity contribution < 1.29 is 4.90 Å². The van der Waals surface area contributed by atoms with Gasteiger partial charge in [0, 0.05) is 17.2 Å². The molecular weight excluding hydrogens is 180 g/mol. The molecule has 2 nitrogen and oxygen atoms in total. The number of aromatic nitrogens is 1. The number of likely N-dealkylation sites (N-methyl/N-ethyl adjacent to an activating group) is 1. The summed E-state index contributed by atoms with van der Waals surface area (Å²) in [5, 5.41) is 2.97. The molecule has 1 aromatic heterocycles. The molecule has 1 aromatic rings. The van der Waals surface area contributed by atoms with E-state index in [1.807, 2.05) is 5.38 Å². The van der Waals surface area contributed by atoms with E-state index < -0.39 is 0 Å². The van der Waals surface area contributed by atoms with E-state index in [4.69, 9.17) is 6.42 Å². The molecule has 0 amide bonds. The zero-order valence-electron chi connectivity index (χ0n) is 7.71. The van der Waals surface area contributed by atoms with Crippen molar-refractivity contribution in [2.24, 2.45) is 0 Å². The average Bonchev–Trinajstić information content (AvgIpc) is 2.55. The van der Waals surface area contributed by atoms with Crippen LogP contribution in [0, 0.1) is 12.3 Å². The Balaban J connectivity index is 2.48. The van der Waals surface area contributed by atoms with Crippen molar-refractivity contribution in [3.63, 3.8) is 0 Å². The monoisotopic (exact) mass is 193 g/mol. The van der Waals surface area contributed by atoms with Crippen molar-refractivity contribution >= 4 is 16.9 Å². The fourth-order valence-electron chi connectivity index (χ4n) is 1.07. The first-order chi connectivity index (χ1) is 6.24. The minimum absolute atomic E-state index is 0.727. The quantitative estimate of drug-likeness (QED) is 0.681. The predicted octanol–water partition coefficient (Wildman–Crippen LogP) is 0.304. The Labute approximate surface area is 82.9 Å². The second kappa shape index (κ2) is 4.80. The van der Waals surface area contributed by atoms with Gasteiger partial charge in [0.2, 0.25) is 0 Å².